The van der Waals surface area contributed by atoms with E-state index < -0.39 is 0 Å². The second-order valence-electron chi connectivity index (χ2n) is 5.62. The van der Waals surface area contributed by atoms with Crippen molar-refractivity contribution in [1.82, 2.24) is 5.43 Å². The first-order valence-corrected chi connectivity index (χ1v) is 7.94. The molecular formula is C17H18BrFN2. The highest BCUT2D eigenvalue weighted by Crippen LogP contribution is 2.52. The highest BCUT2D eigenvalue weighted by molar-refractivity contribution is 9.10. The molecule has 0 saturated heterocycles. The molecule has 2 nitrogen and oxygen atoms in total. The number of nitrogens with two attached hydrogens (primary N) is 1. The minimum atomic E-state index is -0.234. The molecule has 110 valence electrons. The van der Waals surface area contributed by atoms with Crippen molar-refractivity contribution < 1.29 is 4.39 Å². The number of rotatable bonds is 4. The van der Waals surface area contributed by atoms with Gasteiger partial charge >= 0.3 is 0 Å². The van der Waals surface area contributed by atoms with Crippen molar-refractivity contribution in [3.8, 4) is 0 Å². The maximum absolute atomic E-state index is 14.5. The molecule has 1 aliphatic carbocycles. The molecule has 1 atom stereocenters. The summed E-state index contributed by atoms with van der Waals surface area (Å²) in [5.41, 5.74) is 4.58. The van der Waals surface area contributed by atoms with Crippen LogP contribution in [0.3, 0.4) is 0 Å². The Bertz CT molecular complexity index is 626. The van der Waals surface area contributed by atoms with Gasteiger partial charge in [-0.3, -0.25) is 11.3 Å². The molecule has 3 N–H and O–H groups in total. The Kier molecular flexibility index (Phi) is 4.11. The second kappa shape index (κ2) is 5.87. The van der Waals surface area contributed by atoms with Crippen molar-refractivity contribution in [2.24, 2.45) is 5.84 Å². The third-order valence-electron chi connectivity index (χ3n) is 4.61. The van der Waals surface area contributed by atoms with Gasteiger partial charge in [0.1, 0.15) is 5.82 Å². The van der Waals surface area contributed by atoms with Gasteiger partial charge in [-0.1, -0.05) is 48.9 Å². The third kappa shape index (κ3) is 2.41. The predicted molar refractivity (Wildman–Crippen MR) is 86.1 cm³/mol. The monoisotopic (exact) mass is 348 g/mol. The molecule has 1 saturated carbocycles. The van der Waals surface area contributed by atoms with Crippen LogP contribution in [0.2, 0.25) is 0 Å². The zero-order valence-corrected chi connectivity index (χ0v) is 13.2. The van der Waals surface area contributed by atoms with Crippen LogP contribution in [0.4, 0.5) is 4.39 Å². The molecule has 2 aromatic rings. The van der Waals surface area contributed by atoms with Gasteiger partial charge in [-0.05, 0) is 40.4 Å². The molecule has 0 aliphatic heterocycles. The lowest BCUT2D eigenvalue weighted by Gasteiger charge is -2.48. The number of hydrogen-bond acceptors (Lipinski definition) is 2. The largest absolute Gasteiger partial charge is 0.271 e. The Morgan fingerprint density at radius 2 is 1.81 bits per heavy atom. The van der Waals surface area contributed by atoms with Gasteiger partial charge in [0.2, 0.25) is 0 Å². The van der Waals surface area contributed by atoms with Crippen LogP contribution in [0.25, 0.3) is 0 Å². The summed E-state index contributed by atoms with van der Waals surface area (Å²) in [6.07, 6.45) is 3.17. The normalized spacial score (nSPS) is 18.0. The zero-order chi connectivity index (χ0) is 14.9. The fourth-order valence-electron chi connectivity index (χ4n) is 3.36. The van der Waals surface area contributed by atoms with E-state index in [1.807, 2.05) is 30.3 Å². The van der Waals surface area contributed by atoms with Gasteiger partial charge in [0.05, 0.1) is 10.5 Å². The summed E-state index contributed by atoms with van der Waals surface area (Å²) in [5.74, 6) is 5.59. The summed E-state index contributed by atoms with van der Waals surface area (Å²) >= 11 is 3.26. The predicted octanol–water partition coefficient (Wildman–Crippen LogP) is 4.21. The molecule has 2 aromatic carbocycles. The number of halogens is 2. The number of benzene rings is 2. The first-order valence-electron chi connectivity index (χ1n) is 7.14. The van der Waals surface area contributed by atoms with E-state index in [-0.39, 0.29) is 17.3 Å². The molecule has 4 heteroatoms. The summed E-state index contributed by atoms with van der Waals surface area (Å²) in [4.78, 5) is 0. The SMILES string of the molecule is NNC(c1cccc(Br)c1F)C1(c2ccccc2)CCC1. The summed E-state index contributed by atoms with van der Waals surface area (Å²) in [7, 11) is 0. The molecule has 0 aromatic heterocycles. The first-order chi connectivity index (χ1) is 10.2. The van der Waals surface area contributed by atoms with E-state index in [9.17, 15) is 4.39 Å². The Hall–Kier alpha value is -1.23. The van der Waals surface area contributed by atoms with Crippen LogP contribution in [-0.4, -0.2) is 0 Å². The van der Waals surface area contributed by atoms with E-state index in [1.54, 1.807) is 6.07 Å². The van der Waals surface area contributed by atoms with Crippen molar-refractivity contribution in [3.63, 3.8) is 0 Å². The van der Waals surface area contributed by atoms with Gasteiger partial charge in [-0.15, -0.1) is 0 Å². The third-order valence-corrected chi connectivity index (χ3v) is 5.22. The molecule has 1 aliphatic rings. The van der Waals surface area contributed by atoms with Gasteiger partial charge in [0.25, 0.3) is 0 Å². The minimum absolute atomic E-state index is 0.127. The molecule has 3 rings (SSSR count). The molecule has 0 amide bonds. The van der Waals surface area contributed by atoms with E-state index in [4.69, 9.17) is 5.84 Å². The minimum Gasteiger partial charge on any atom is -0.271 e. The molecule has 0 bridgehead atoms. The maximum Gasteiger partial charge on any atom is 0.142 e. The van der Waals surface area contributed by atoms with E-state index in [0.29, 0.717) is 10.0 Å². The van der Waals surface area contributed by atoms with Crippen molar-refractivity contribution in [2.45, 2.75) is 30.7 Å². The smallest absolute Gasteiger partial charge is 0.142 e. The molecule has 21 heavy (non-hydrogen) atoms. The van der Waals surface area contributed by atoms with Crippen molar-refractivity contribution in [2.75, 3.05) is 0 Å². The van der Waals surface area contributed by atoms with Crippen LogP contribution in [0.5, 0.6) is 0 Å². The van der Waals surface area contributed by atoms with E-state index >= 15 is 0 Å². The number of hydrogen-bond donors (Lipinski definition) is 2. The van der Waals surface area contributed by atoms with Crippen molar-refractivity contribution in [1.29, 1.82) is 0 Å². The zero-order valence-electron chi connectivity index (χ0n) is 11.7. The number of nitrogens with one attached hydrogen (secondary N) is 1. The summed E-state index contributed by atoms with van der Waals surface area (Å²) < 4.78 is 15.0. The molecule has 0 radical (unpaired) electrons. The Morgan fingerprint density at radius 3 is 2.38 bits per heavy atom. The highest BCUT2D eigenvalue weighted by Gasteiger charge is 2.46. The van der Waals surface area contributed by atoms with Crippen LogP contribution in [-0.2, 0) is 5.41 Å². The quantitative estimate of drug-likeness (QED) is 0.641. The molecule has 0 heterocycles. The maximum atomic E-state index is 14.5. The van der Waals surface area contributed by atoms with Gasteiger partial charge in [-0.2, -0.15) is 0 Å². The standard InChI is InChI=1S/C17H18BrFN2/c18-14-9-4-8-13(15(14)19)16(21-20)17(10-5-11-17)12-6-2-1-3-7-12/h1-4,6-9,16,21H,5,10-11,20H2. The van der Waals surface area contributed by atoms with Crippen LogP contribution >= 0.6 is 15.9 Å². The van der Waals surface area contributed by atoms with Gasteiger partial charge < -0.3 is 0 Å². The molecular weight excluding hydrogens is 331 g/mol. The summed E-state index contributed by atoms with van der Waals surface area (Å²) in [6, 6.07) is 15.4. The van der Waals surface area contributed by atoms with Crippen LogP contribution in [0.1, 0.15) is 36.4 Å². The van der Waals surface area contributed by atoms with E-state index in [0.717, 1.165) is 19.3 Å². The Morgan fingerprint density at radius 1 is 1.10 bits per heavy atom. The average Bonchev–Trinajstić information content (AvgIpc) is 2.47. The second-order valence-corrected chi connectivity index (χ2v) is 6.47. The van der Waals surface area contributed by atoms with Gasteiger partial charge in [-0.25, -0.2) is 4.39 Å². The number of hydrazine groups is 1. The van der Waals surface area contributed by atoms with E-state index in [2.05, 4.69) is 33.5 Å². The highest BCUT2D eigenvalue weighted by atomic mass is 79.9. The van der Waals surface area contributed by atoms with Crippen LogP contribution in [0.15, 0.2) is 53.0 Å². The van der Waals surface area contributed by atoms with Gasteiger partial charge in [0, 0.05) is 11.0 Å². The Labute approximate surface area is 132 Å². The van der Waals surface area contributed by atoms with Crippen molar-refractivity contribution >= 4 is 15.9 Å². The molecule has 0 spiro atoms. The summed E-state index contributed by atoms with van der Waals surface area (Å²) in [5, 5.41) is 0. The lowest BCUT2D eigenvalue weighted by molar-refractivity contribution is 0.167. The topological polar surface area (TPSA) is 38.0 Å². The fourth-order valence-corrected chi connectivity index (χ4v) is 3.74. The van der Waals surface area contributed by atoms with Crippen LogP contribution in [0, 0.1) is 5.82 Å². The lowest BCUT2D eigenvalue weighted by Crippen LogP contribution is -2.49. The summed E-state index contributed by atoms with van der Waals surface area (Å²) in [6.45, 7) is 0. The van der Waals surface area contributed by atoms with Gasteiger partial charge in [0.15, 0.2) is 0 Å². The van der Waals surface area contributed by atoms with Crippen molar-refractivity contribution in [3.05, 3.63) is 69.9 Å². The molecule has 1 unspecified atom stereocenters. The Balaban J connectivity index is 2.08. The average molecular weight is 349 g/mol. The van der Waals surface area contributed by atoms with Crippen LogP contribution < -0.4 is 11.3 Å². The fraction of sp³-hybridized carbons (Fsp3) is 0.294. The molecule has 1 fully saturated rings. The first kappa shape index (κ1) is 14.7. The van der Waals surface area contributed by atoms with E-state index in [1.165, 1.54) is 5.56 Å². The lowest BCUT2D eigenvalue weighted by atomic mass is 9.59.